The molecule has 2 aliphatic heterocycles. The average molecular weight is 373 g/mol. The van der Waals surface area contributed by atoms with E-state index in [2.05, 4.69) is 25.8 Å². The molecule has 2 aromatic rings. The van der Waals surface area contributed by atoms with Crippen molar-refractivity contribution in [3.8, 4) is 0 Å². The van der Waals surface area contributed by atoms with Gasteiger partial charge in [-0.3, -0.25) is 4.90 Å². The summed E-state index contributed by atoms with van der Waals surface area (Å²) in [6.45, 7) is 7.64. The predicted molar refractivity (Wildman–Crippen MR) is 102 cm³/mol. The highest BCUT2D eigenvalue weighted by molar-refractivity contribution is 5.46. The van der Waals surface area contributed by atoms with Crippen molar-refractivity contribution < 1.29 is 8.78 Å². The van der Waals surface area contributed by atoms with E-state index in [1.54, 1.807) is 0 Å². The summed E-state index contributed by atoms with van der Waals surface area (Å²) >= 11 is 0. The molecule has 2 saturated heterocycles. The van der Waals surface area contributed by atoms with E-state index in [-0.39, 0.29) is 5.82 Å². The highest BCUT2D eigenvalue weighted by Crippen LogP contribution is 2.22. The highest BCUT2D eigenvalue weighted by Gasteiger charge is 2.22. The molecule has 0 aliphatic carbocycles. The zero-order valence-electron chi connectivity index (χ0n) is 15.7. The number of nitrogens with zero attached hydrogens (tertiary/aromatic N) is 5. The second-order valence-corrected chi connectivity index (χ2v) is 7.36. The molecule has 0 radical (unpaired) electrons. The molecule has 144 valence electrons. The zero-order valence-corrected chi connectivity index (χ0v) is 15.7. The summed E-state index contributed by atoms with van der Waals surface area (Å²) in [6.07, 6.45) is 2.43. The third-order valence-electron chi connectivity index (χ3n) is 5.32. The van der Waals surface area contributed by atoms with Crippen LogP contribution in [0.5, 0.6) is 0 Å². The Balaban J connectivity index is 1.41. The largest absolute Gasteiger partial charge is 0.356 e. The van der Waals surface area contributed by atoms with Crippen LogP contribution in [0.1, 0.15) is 24.1 Å². The Morgan fingerprint density at radius 2 is 1.63 bits per heavy atom. The van der Waals surface area contributed by atoms with Crippen LogP contribution in [-0.2, 0) is 6.54 Å². The van der Waals surface area contributed by atoms with E-state index in [0.29, 0.717) is 12.1 Å². The fraction of sp³-hybridized carbons (Fsp3) is 0.500. The van der Waals surface area contributed by atoms with Crippen molar-refractivity contribution in [3.05, 3.63) is 47.2 Å². The van der Waals surface area contributed by atoms with E-state index >= 15 is 0 Å². The molecule has 0 bridgehead atoms. The van der Waals surface area contributed by atoms with Crippen LogP contribution in [0.2, 0.25) is 0 Å². The topological polar surface area (TPSA) is 35.5 Å². The number of hydrogen-bond acceptors (Lipinski definition) is 5. The van der Waals surface area contributed by atoms with Crippen molar-refractivity contribution >= 4 is 11.8 Å². The van der Waals surface area contributed by atoms with Crippen molar-refractivity contribution in [2.24, 2.45) is 0 Å². The van der Waals surface area contributed by atoms with Crippen molar-refractivity contribution in [3.63, 3.8) is 0 Å². The fourth-order valence-electron chi connectivity index (χ4n) is 3.80. The van der Waals surface area contributed by atoms with E-state index in [9.17, 15) is 8.78 Å². The summed E-state index contributed by atoms with van der Waals surface area (Å²) < 4.78 is 27.2. The molecule has 1 aromatic heterocycles. The Morgan fingerprint density at radius 1 is 0.889 bits per heavy atom. The van der Waals surface area contributed by atoms with Crippen LogP contribution in [-0.4, -0.2) is 54.1 Å². The number of piperazine rings is 1. The SMILES string of the molecule is Cc1cc(N2CCCC2)nc(N2CCN(Cc3cc(F)ccc3F)CC2)n1. The Hall–Kier alpha value is -2.28. The first-order valence-corrected chi connectivity index (χ1v) is 9.60. The van der Waals surface area contributed by atoms with E-state index in [1.807, 2.05) is 6.92 Å². The third kappa shape index (κ3) is 4.18. The van der Waals surface area contributed by atoms with Gasteiger partial charge in [-0.25, -0.2) is 13.8 Å². The lowest BCUT2D eigenvalue weighted by molar-refractivity contribution is 0.245. The molecule has 0 unspecified atom stereocenters. The summed E-state index contributed by atoms with van der Waals surface area (Å²) in [4.78, 5) is 16.1. The quantitative estimate of drug-likeness (QED) is 0.823. The molecule has 27 heavy (non-hydrogen) atoms. The Bertz CT molecular complexity index is 799. The third-order valence-corrected chi connectivity index (χ3v) is 5.32. The van der Waals surface area contributed by atoms with Gasteiger partial charge < -0.3 is 9.80 Å². The summed E-state index contributed by atoms with van der Waals surface area (Å²) in [5.41, 5.74) is 1.39. The van der Waals surface area contributed by atoms with Gasteiger partial charge in [0.05, 0.1) is 0 Å². The van der Waals surface area contributed by atoms with Crippen molar-refractivity contribution in [2.45, 2.75) is 26.3 Å². The van der Waals surface area contributed by atoms with Crippen molar-refractivity contribution in [1.82, 2.24) is 14.9 Å². The van der Waals surface area contributed by atoms with Crippen molar-refractivity contribution in [2.75, 3.05) is 49.1 Å². The van der Waals surface area contributed by atoms with Gasteiger partial charge in [0.25, 0.3) is 0 Å². The lowest BCUT2D eigenvalue weighted by Gasteiger charge is -2.35. The van der Waals surface area contributed by atoms with Gasteiger partial charge >= 0.3 is 0 Å². The van der Waals surface area contributed by atoms with Crippen LogP contribution in [0, 0.1) is 18.6 Å². The number of hydrogen-bond donors (Lipinski definition) is 0. The van der Waals surface area contributed by atoms with Crippen LogP contribution >= 0.6 is 0 Å². The molecular formula is C20H25F2N5. The summed E-state index contributed by atoms with van der Waals surface area (Å²) in [7, 11) is 0. The van der Waals surface area contributed by atoms with Crippen LogP contribution in [0.3, 0.4) is 0 Å². The Kier molecular flexibility index (Phi) is 5.20. The standard InChI is InChI=1S/C20H25F2N5/c1-15-12-19(26-6-2-3-7-26)24-20(23-15)27-10-8-25(9-11-27)14-16-13-17(21)4-5-18(16)22/h4-5,12-13H,2-3,6-11,14H2,1H3. The molecule has 0 spiro atoms. The minimum Gasteiger partial charge on any atom is -0.356 e. The zero-order chi connectivity index (χ0) is 18.8. The normalized spacial score (nSPS) is 18.3. The Morgan fingerprint density at radius 3 is 2.37 bits per heavy atom. The first-order valence-electron chi connectivity index (χ1n) is 9.60. The van der Waals surface area contributed by atoms with Gasteiger partial charge in [0, 0.05) is 63.1 Å². The van der Waals surface area contributed by atoms with Gasteiger partial charge in [-0.1, -0.05) is 0 Å². The lowest BCUT2D eigenvalue weighted by atomic mass is 10.2. The second kappa shape index (κ2) is 7.76. The number of benzene rings is 1. The summed E-state index contributed by atoms with van der Waals surface area (Å²) in [5, 5.41) is 0. The van der Waals surface area contributed by atoms with Gasteiger partial charge in [0.1, 0.15) is 17.5 Å². The first-order chi connectivity index (χ1) is 13.1. The molecule has 0 amide bonds. The summed E-state index contributed by atoms with van der Waals surface area (Å²) in [5.74, 6) is 1.04. The molecular weight excluding hydrogens is 348 g/mol. The Labute approximate surface area is 158 Å². The average Bonchev–Trinajstić information content (AvgIpc) is 3.20. The summed E-state index contributed by atoms with van der Waals surface area (Å²) in [6, 6.07) is 5.69. The molecule has 0 N–H and O–H groups in total. The predicted octanol–water partition coefficient (Wildman–Crippen LogP) is 2.99. The molecule has 2 fully saturated rings. The maximum Gasteiger partial charge on any atom is 0.227 e. The molecule has 7 heteroatoms. The van der Waals surface area contributed by atoms with Crippen LogP contribution in [0.25, 0.3) is 0 Å². The fourth-order valence-corrected chi connectivity index (χ4v) is 3.80. The van der Waals surface area contributed by atoms with E-state index in [4.69, 9.17) is 4.98 Å². The van der Waals surface area contributed by atoms with Gasteiger partial charge in [0.15, 0.2) is 0 Å². The van der Waals surface area contributed by atoms with Crippen LogP contribution in [0.4, 0.5) is 20.5 Å². The molecule has 0 atom stereocenters. The van der Waals surface area contributed by atoms with Gasteiger partial charge in [-0.05, 0) is 38.0 Å². The maximum atomic E-state index is 13.9. The minimum atomic E-state index is -0.396. The van der Waals surface area contributed by atoms with Crippen LogP contribution < -0.4 is 9.80 Å². The highest BCUT2D eigenvalue weighted by atomic mass is 19.1. The number of anilines is 2. The molecule has 5 nitrogen and oxygen atoms in total. The van der Waals surface area contributed by atoms with Gasteiger partial charge in [0.2, 0.25) is 5.95 Å². The second-order valence-electron chi connectivity index (χ2n) is 7.36. The molecule has 3 heterocycles. The lowest BCUT2D eigenvalue weighted by Crippen LogP contribution is -2.46. The molecule has 0 saturated carbocycles. The van der Waals surface area contributed by atoms with E-state index in [1.165, 1.54) is 25.0 Å². The number of rotatable bonds is 4. The van der Waals surface area contributed by atoms with E-state index in [0.717, 1.165) is 62.8 Å². The molecule has 2 aliphatic rings. The first kappa shape index (κ1) is 18.1. The number of aryl methyl sites for hydroxylation is 1. The number of halogens is 2. The van der Waals surface area contributed by atoms with Gasteiger partial charge in [-0.15, -0.1) is 0 Å². The molecule has 4 rings (SSSR count). The van der Waals surface area contributed by atoms with Crippen LogP contribution in [0.15, 0.2) is 24.3 Å². The van der Waals surface area contributed by atoms with Gasteiger partial charge in [-0.2, -0.15) is 4.98 Å². The minimum absolute atomic E-state index is 0.351. The smallest absolute Gasteiger partial charge is 0.227 e. The monoisotopic (exact) mass is 373 g/mol. The van der Waals surface area contributed by atoms with E-state index < -0.39 is 5.82 Å². The maximum absolute atomic E-state index is 13.9. The molecule has 1 aromatic carbocycles. The number of aromatic nitrogens is 2. The van der Waals surface area contributed by atoms with Crippen molar-refractivity contribution in [1.29, 1.82) is 0 Å².